The lowest BCUT2D eigenvalue weighted by Gasteiger charge is -2.17. The fraction of sp³-hybridized carbons (Fsp3) is 0.538. The molecule has 2 N–H and O–H groups in total. The summed E-state index contributed by atoms with van der Waals surface area (Å²) in [4.78, 5) is 0.319. The summed E-state index contributed by atoms with van der Waals surface area (Å²) in [6, 6.07) is 3.26. The van der Waals surface area contributed by atoms with Gasteiger partial charge in [-0.3, -0.25) is 0 Å². The predicted octanol–water partition coefficient (Wildman–Crippen LogP) is 1.66. The van der Waals surface area contributed by atoms with Crippen LogP contribution in [0.2, 0.25) is 0 Å². The maximum atomic E-state index is 12.3. The molecule has 1 atom stereocenters. The molecule has 102 valence electrons. The van der Waals surface area contributed by atoms with Gasteiger partial charge in [-0.2, -0.15) is 0 Å². The lowest BCUT2D eigenvalue weighted by Crippen LogP contribution is -2.37. The molecule has 0 bridgehead atoms. The van der Waals surface area contributed by atoms with E-state index in [1.807, 2.05) is 26.0 Å². The lowest BCUT2D eigenvalue weighted by atomic mass is 10.1. The van der Waals surface area contributed by atoms with E-state index in [-0.39, 0.29) is 6.61 Å². The summed E-state index contributed by atoms with van der Waals surface area (Å²) in [7, 11) is -3.57. The van der Waals surface area contributed by atoms with E-state index in [1.54, 1.807) is 13.8 Å². The van der Waals surface area contributed by atoms with Crippen molar-refractivity contribution < 1.29 is 13.5 Å². The highest BCUT2D eigenvalue weighted by Crippen LogP contribution is 2.21. The van der Waals surface area contributed by atoms with E-state index in [1.165, 1.54) is 0 Å². The van der Waals surface area contributed by atoms with Gasteiger partial charge in [0.25, 0.3) is 0 Å². The maximum absolute atomic E-state index is 12.3. The molecular weight excluding hydrogens is 250 g/mol. The number of aliphatic hydroxyl groups is 1. The van der Waals surface area contributed by atoms with E-state index in [2.05, 4.69) is 4.72 Å². The van der Waals surface area contributed by atoms with Crippen LogP contribution in [-0.4, -0.2) is 26.2 Å². The normalized spacial score (nSPS) is 13.6. The summed E-state index contributed by atoms with van der Waals surface area (Å²) < 4.78 is 27.1. The second-order valence-corrected chi connectivity index (χ2v) is 6.29. The first kappa shape index (κ1) is 15.1. The second-order valence-electron chi connectivity index (χ2n) is 4.64. The molecule has 0 unspecified atom stereocenters. The number of benzene rings is 1. The quantitative estimate of drug-likeness (QED) is 0.856. The predicted molar refractivity (Wildman–Crippen MR) is 72.1 cm³/mol. The Bertz CT molecular complexity index is 496. The van der Waals surface area contributed by atoms with E-state index in [4.69, 9.17) is 5.11 Å². The molecule has 0 aliphatic rings. The topological polar surface area (TPSA) is 66.4 Å². The first-order valence-corrected chi connectivity index (χ1v) is 7.51. The molecule has 0 aliphatic carbocycles. The minimum absolute atomic E-state index is 0.195. The monoisotopic (exact) mass is 271 g/mol. The molecule has 0 aromatic heterocycles. The van der Waals surface area contributed by atoms with E-state index < -0.39 is 16.1 Å². The average molecular weight is 271 g/mol. The first-order chi connectivity index (χ1) is 8.31. The van der Waals surface area contributed by atoms with Gasteiger partial charge in [0.1, 0.15) is 0 Å². The Morgan fingerprint density at radius 3 is 2.11 bits per heavy atom. The van der Waals surface area contributed by atoms with Crippen molar-refractivity contribution in [1.82, 2.24) is 4.72 Å². The fourth-order valence-electron chi connectivity index (χ4n) is 2.12. The van der Waals surface area contributed by atoms with Gasteiger partial charge in [0.15, 0.2) is 0 Å². The molecule has 1 aromatic carbocycles. The molecule has 4 nitrogen and oxygen atoms in total. The average Bonchev–Trinajstić information content (AvgIpc) is 2.23. The first-order valence-electron chi connectivity index (χ1n) is 6.02. The number of aliphatic hydroxyl groups excluding tert-OH is 1. The van der Waals surface area contributed by atoms with Crippen molar-refractivity contribution >= 4 is 10.0 Å². The molecule has 0 fully saturated rings. The van der Waals surface area contributed by atoms with Crippen molar-refractivity contribution in [3.63, 3.8) is 0 Å². The van der Waals surface area contributed by atoms with Crippen LogP contribution in [0.25, 0.3) is 0 Å². The van der Waals surface area contributed by atoms with Gasteiger partial charge < -0.3 is 5.11 Å². The Morgan fingerprint density at radius 1 is 1.22 bits per heavy atom. The van der Waals surface area contributed by atoms with Crippen LogP contribution >= 0.6 is 0 Å². The van der Waals surface area contributed by atoms with Gasteiger partial charge in [0.05, 0.1) is 11.5 Å². The Morgan fingerprint density at radius 2 is 1.72 bits per heavy atom. The highest BCUT2D eigenvalue weighted by molar-refractivity contribution is 7.89. The summed E-state index contributed by atoms with van der Waals surface area (Å²) >= 11 is 0. The molecule has 0 amide bonds. The van der Waals surface area contributed by atoms with Gasteiger partial charge in [-0.25, -0.2) is 13.1 Å². The fourth-order valence-corrected chi connectivity index (χ4v) is 3.88. The molecule has 0 saturated heterocycles. The number of hydrogen-bond acceptors (Lipinski definition) is 3. The zero-order chi connectivity index (χ0) is 13.9. The van der Waals surface area contributed by atoms with Gasteiger partial charge in [-0.05, 0) is 38.3 Å². The Kier molecular flexibility index (Phi) is 4.90. The molecule has 1 aromatic rings. The number of hydrogen-bond donors (Lipinski definition) is 2. The van der Waals surface area contributed by atoms with Crippen LogP contribution in [0.15, 0.2) is 17.0 Å². The Labute approximate surface area is 109 Å². The van der Waals surface area contributed by atoms with Gasteiger partial charge in [0.2, 0.25) is 10.0 Å². The second kappa shape index (κ2) is 5.82. The summed E-state index contributed by atoms with van der Waals surface area (Å²) in [5, 5.41) is 9.09. The zero-order valence-corrected chi connectivity index (χ0v) is 12.1. The maximum Gasteiger partial charge on any atom is 0.241 e. The summed E-state index contributed by atoms with van der Waals surface area (Å²) in [5.41, 5.74) is 2.50. The summed E-state index contributed by atoms with van der Waals surface area (Å²) in [6.45, 7) is 7.15. The molecule has 1 rings (SSSR count). The Hall–Kier alpha value is -0.910. The molecule has 0 aliphatic heterocycles. The summed E-state index contributed by atoms with van der Waals surface area (Å²) in [5.74, 6) is 0. The minimum atomic E-state index is -3.57. The van der Waals surface area contributed by atoms with E-state index in [9.17, 15) is 8.42 Å². The third kappa shape index (κ3) is 3.31. The smallest absolute Gasteiger partial charge is 0.241 e. The van der Waals surface area contributed by atoms with Crippen molar-refractivity contribution in [2.75, 3.05) is 6.61 Å². The van der Waals surface area contributed by atoms with Crippen LogP contribution in [0, 0.1) is 20.8 Å². The third-order valence-electron chi connectivity index (χ3n) is 2.91. The van der Waals surface area contributed by atoms with Crippen LogP contribution in [0.4, 0.5) is 0 Å². The minimum Gasteiger partial charge on any atom is -0.395 e. The highest BCUT2D eigenvalue weighted by Gasteiger charge is 2.22. The third-order valence-corrected chi connectivity index (χ3v) is 4.73. The summed E-state index contributed by atoms with van der Waals surface area (Å²) in [6.07, 6.45) is 0.555. The standard InChI is InChI=1S/C13H21NO3S/c1-5-12(8-15)14-18(16,17)13-10(3)6-9(2)7-11(13)4/h6-7,12,14-15H,5,8H2,1-4H3/t12-/m1/s1. The van der Waals surface area contributed by atoms with Gasteiger partial charge in [-0.1, -0.05) is 24.6 Å². The molecule has 0 heterocycles. The molecule has 18 heavy (non-hydrogen) atoms. The van der Waals surface area contributed by atoms with Gasteiger partial charge in [-0.15, -0.1) is 0 Å². The van der Waals surface area contributed by atoms with Gasteiger partial charge in [0, 0.05) is 6.04 Å². The highest BCUT2D eigenvalue weighted by atomic mass is 32.2. The Balaban J connectivity index is 3.21. The molecule has 5 heteroatoms. The van der Waals surface area contributed by atoms with Crippen LogP contribution < -0.4 is 4.72 Å². The lowest BCUT2D eigenvalue weighted by molar-refractivity contribution is 0.254. The van der Waals surface area contributed by atoms with Crippen molar-refractivity contribution in [3.05, 3.63) is 28.8 Å². The molecule has 0 spiro atoms. The van der Waals surface area contributed by atoms with Crippen molar-refractivity contribution in [1.29, 1.82) is 0 Å². The van der Waals surface area contributed by atoms with Crippen LogP contribution in [0.3, 0.4) is 0 Å². The van der Waals surface area contributed by atoms with Crippen molar-refractivity contribution in [3.8, 4) is 0 Å². The molecule has 0 radical (unpaired) electrons. The van der Waals surface area contributed by atoms with Crippen molar-refractivity contribution in [2.24, 2.45) is 0 Å². The number of rotatable bonds is 5. The van der Waals surface area contributed by atoms with Crippen molar-refractivity contribution in [2.45, 2.75) is 45.1 Å². The largest absolute Gasteiger partial charge is 0.395 e. The van der Waals surface area contributed by atoms with Gasteiger partial charge >= 0.3 is 0 Å². The number of aryl methyl sites for hydroxylation is 3. The van der Waals surface area contributed by atoms with Crippen LogP contribution in [0.5, 0.6) is 0 Å². The van der Waals surface area contributed by atoms with Crippen LogP contribution in [-0.2, 0) is 10.0 Å². The van der Waals surface area contributed by atoms with E-state index >= 15 is 0 Å². The van der Waals surface area contributed by atoms with E-state index in [0.717, 1.165) is 16.7 Å². The number of sulfonamides is 1. The number of nitrogens with one attached hydrogen (secondary N) is 1. The van der Waals surface area contributed by atoms with E-state index in [0.29, 0.717) is 11.3 Å². The van der Waals surface area contributed by atoms with Crippen LogP contribution in [0.1, 0.15) is 30.0 Å². The SMILES string of the molecule is CC[C@H](CO)NS(=O)(=O)c1c(C)cc(C)cc1C. The zero-order valence-electron chi connectivity index (χ0n) is 11.3. The molecular formula is C13H21NO3S. The molecule has 0 saturated carbocycles.